The van der Waals surface area contributed by atoms with Crippen LogP contribution in [-0.2, 0) is 6.42 Å². The van der Waals surface area contributed by atoms with Crippen LogP contribution >= 0.6 is 0 Å². The molecule has 152 valence electrons. The first-order chi connectivity index (χ1) is 15.2. The van der Waals surface area contributed by atoms with Crippen LogP contribution in [-0.4, -0.2) is 22.4 Å². The van der Waals surface area contributed by atoms with Crippen LogP contribution in [0.5, 0.6) is 0 Å². The number of halogens is 1. The van der Waals surface area contributed by atoms with E-state index in [9.17, 15) is 9.18 Å². The maximum atomic E-state index is 13.4. The molecule has 0 spiro atoms. The number of nitrogens with one attached hydrogen (secondary N) is 2. The van der Waals surface area contributed by atoms with Gasteiger partial charge in [-0.15, -0.1) is 0 Å². The molecule has 0 aliphatic heterocycles. The fourth-order valence-corrected chi connectivity index (χ4v) is 3.87. The number of H-pyrrole nitrogens is 1. The summed E-state index contributed by atoms with van der Waals surface area (Å²) in [5, 5.41) is 4.92. The van der Waals surface area contributed by atoms with Crippen LogP contribution < -0.4 is 5.32 Å². The quantitative estimate of drug-likeness (QED) is 0.403. The number of amides is 1. The number of hydrogen-bond acceptors (Lipinski definition) is 2. The fourth-order valence-electron chi connectivity index (χ4n) is 3.87. The lowest BCUT2D eigenvalue weighted by Crippen LogP contribution is -2.26. The Morgan fingerprint density at radius 1 is 0.903 bits per heavy atom. The van der Waals surface area contributed by atoms with Gasteiger partial charge in [0.05, 0.1) is 11.2 Å². The normalized spacial score (nSPS) is 11.1. The second kappa shape index (κ2) is 8.03. The van der Waals surface area contributed by atoms with E-state index in [1.165, 1.54) is 12.1 Å². The number of nitrogens with zero attached hydrogens (tertiary/aromatic N) is 1. The maximum Gasteiger partial charge on any atom is 0.269 e. The van der Waals surface area contributed by atoms with Crippen molar-refractivity contribution in [3.05, 3.63) is 102 Å². The van der Waals surface area contributed by atoms with Gasteiger partial charge in [0.1, 0.15) is 11.5 Å². The molecule has 0 aliphatic rings. The Labute approximate surface area is 178 Å². The molecule has 2 aromatic heterocycles. The first kappa shape index (κ1) is 19.0. The Balaban J connectivity index is 1.50. The van der Waals surface area contributed by atoms with E-state index < -0.39 is 0 Å². The molecule has 5 heteroatoms. The molecule has 0 bridgehead atoms. The smallest absolute Gasteiger partial charge is 0.269 e. The minimum absolute atomic E-state index is 0.249. The molecule has 0 fully saturated rings. The highest BCUT2D eigenvalue weighted by molar-refractivity contribution is 6.13. The molecule has 2 heterocycles. The van der Waals surface area contributed by atoms with Gasteiger partial charge in [-0.3, -0.25) is 4.79 Å². The van der Waals surface area contributed by atoms with Crippen molar-refractivity contribution < 1.29 is 9.18 Å². The molecule has 3 aromatic carbocycles. The van der Waals surface area contributed by atoms with Crippen molar-refractivity contribution >= 4 is 27.7 Å². The number of carbonyl (C=O) groups excluding carboxylic acids is 1. The maximum absolute atomic E-state index is 13.4. The van der Waals surface area contributed by atoms with Gasteiger partial charge in [0.25, 0.3) is 5.91 Å². The van der Waals surface area contributed by atoms with Crippen molar-refractivity contribution in [3.63, 3.8) is 0 Å². The first-order valence-corrected chi connectivity index (χ1v) is 10.2. The zero-order valence-electron chi connectivity index (χ0n) is 16.7. The molecule has 0 saturated carbocycles. The van der Waals surface area contributed by atoms with Crippen LogP contribution in [0.2, 0.25) is 0 Å². The number of benzene rings is 3. The molecular weight excluding hydrogens is 389 g/mol. The zero-order chi connectivity index (χ0) is 21.2. The van der Waals surface area contributed by atoms with Gasteiger partial charge in [-0.2, -0.15) is 0 Å². The average molecular weight is 409 g/mol. The van der Waals surface area contributed by atoms with Crippen LogP contribution in [0.15, 0.2) is 84.9 Å². The number of hydrogen-bond donors (Lipinski definition) is 2. The Morgan fingerprint density at radius 3 is 2.55 bits per heavy atom. The molecule has 31 heavy (non-hydrogen) atoms. The summed E-state index contributed by atoms with van der Waals surface area (Å²) in [5.41, 5.74) is 4.78. The molecule has 0 saturated heterocycles. The summed E-state index contributed by atoms with van der Waals surface area (Å²) in [5.74, 6) is -0.524. The second-order valence-corrected chi connectivity index (χ2v) is 7.45. The summed E-state index contributed by atoms with van der Waals surface area (Å²) in [7, 11) is 0. The number of rotatable bonds is 5. The number of para-hydroxylation sites is 1. The predicted octanol–water partition coefficient (Wildman–Crippen LogP) is 5.49. The molecule has 0 radical (unpaired) electrons. The zero-order valence-corrected chi connectivity index (χ0v) is 16.7. The second-order valence-electron chi connectivity index (χ2n) is 7.45. The summed E-state index contributed by atoms with van der Waals surface area (Å²) >= 11 is 0. The third-order valence-corrected chi connectivity index (χ3v) is 5.36. The Bertz CT molecular complexity index is 1390. The number of pyridine rings is 1. The van der Waals surface area contributed by atoms with Crippen molar-refractivity contribution in [2.45, 2.75) is 6.42 Å². The van der Waals surface area contributed by atoms with Gasteiger partial charge in [0.2, 0.25) is 0 Å². The van der Waals surface area contributed by atoms with Gasteiger partial charge in [0, 0.05) is 28.4 Å². The van der Waals surface area contributed by atoms with Crippen molar-refractivity contribution in [1.29, 1.82) is 0 Å². The van der Waals surface area contributed by atoms with E-state index in [0.717, 1.165) is 38.6 Å². The van der Waals surface area contributed by atoms with E-state index in [-0.39, 0.29) is 11.7 Å². The largest absolute Gasteiger partial charge is 0.353 e. The summed E-state index contributed by atoms with van der Waals surface area (Å²) in [6, 6.07) is 26.1. The van der Waals surface area contributed by atoms with E-state index in [2.05, 4.69) is 10.3 Å². The molecule has 2 N–H and O–H groups in total. The van der Waals surface area contributed by atoms with Crippen LogP contribution in [0.4, 0.5) is 4.39 Å². The van der Waals surface area contributed by atoms with Gasteiger partial charge in [-0.1, -0.05) is 60.7 Å². The van der Waals surface area contributed by atoms with Gasteiger partial charge in [-0.25, -0.2) is 9.37 Å². The predicted molar refractivity (Wildman–Crippen MR) is 121 cm³/mol. The summed E-state index contributed by atoms with van der Waals surface area (Å²) in [6.45, 7) is 0.399. The molecule has 5 rings (SSSR count). The van der Waals surface area contributed by atoms with E-state index >= 15 is 0 Å². The highest BCUT2D eigenvalue weighted by atomic mass is 19.1. The third kappa shape index (κ3) is 3.78. The Morgan fingerprint density at radius 2 is 1.71 bits per heavy atom. The molecule has 4 nitrogen and oxygen atoms in total. The van der Waals surface area contributed by atoms with E-state index in [4.69, 9.17) is 4.98 Å². The average Bonchev–Trinajstić information content (AvgIpc) is 3.18. The Hall–Kier alpha value is -3.99. The highest BCUT2D eigenvalue weighted by Crippen LogP contribution is 2.32. The molecule has 0 atom stereocenters. The number of fused-ring (bicyclic) bond motifs is 3. The summed E-state index contributed by atoms with van der Waals surface area (Å²) in [4.78, 5) is 21.1. The van der Waals surface area contributed by atoms with Crippen molar-refractivity contribution in [2.75, 3.05) is 6.54 Å². The Kier molecular flexibility index (Phi) is 4.92. The van der Waals surface area contributed by atoms with Gasteiger partial charge in [-0.05, 0) is 36.2 Å². The van der Waals surface area contributed by atoms with Gasteiger partial charge in [0.15, 0.2) is 0 Å². The minimum atomic E-state index is -0.275. The van der Waals surface area contributed by atoms with Crippen LogP contribution in [0, 0.1) is 5.82 Å². The molecule has 0 aliphatic carbocycles. The van der Waals surface area contributed by atoms with Gasteiger partial charge >= 0.3 is 0 Å². The van der Waals surface area contributed by atoms with Crippen LogP contribution in [0.1, 0.15) is 16.1 Å². The van der Waals surface area contributed by atoms with Crippen molar-refractivity contribution in [2.24, 2.45) is 0 Å². The summed E-state index contributed by atoms with van der Waals surface area (Å²) in [6.07, 6.45) is 0.546. The van der Waals surface area contributed by atoms with Crippen LogP contribution in [0.3, 0.4) is 0 Å². The fraction of sp³-hybridized carbons (Fsp3) is 0.0769. The van der Waals surface area contributed by atoms with E-state index in [1.54, 1.807) is 6.07 Å². The molecular formula is C26H20FN3O. The summed E-state index contributed by atoms with van der Waals surface area (Å²) < 4.78 is 13.4. The van der Waals surface area contributed by atoms with Gasteiger partial charge < -0.3 is 10.3 Å². The standard InChI is InChI=1S/C26H20FN3O/c27-19-10-6-7-17(15-19)13-14-28-26(31)23-16-21-20-11-4-5-12-22(20)29-25(21)24(30-23)18-8-2-1-3-9-18/h1-12,15-16,29H,13-14H2,(H,28,31). The van der Waals surface area contributed by atoms with Crippen LogP contribution in [0.25, 0.3) is 33.1 Å². The lowest BCUT2D eigenvalue weighted by Gasteiger charge is -2.09. The van der Waals surface area contributed by atoms with E-state index in [0.29, 0.717) is 18.7 Å². The topological polar surface area (TPSA) is 57.8 Å². The lowest BCUT2D eigenvalue weighted by atomic mass is 10.1. The number of carbonyl (C=O) groups is 1. The number of aromatic amines is 1. The SMILES string of the molecule is O=C(NCCc1cccc(F)c1)c1cc2c([nH]c3ccccc32)c(-c2ccccc2)n1. The molecule has 5 aromatic rings. The number of aromatic nitrogens is 2. The lowest BCUT2D eigenvalue weighted by molar-refractivity contribution is 0.0949. The molecule has 0 unspecified atom stereocenters. The van der Waals surface area contributed by atoms with E-state index in [1.807, 2.05) is 66.7 Å². The van der Waals surface area contributed by atoms with Crippen molar-refractivity contribution in [1.82, 2.24) is 15.3 Å². The molecule has 1 amide bonds. The first-order valence-electron chi connectivity index (χ1n) is 10.2. The monoisotopic (exact) mass is 409 g/mol. The minimum Gasteiger partial charge on any atom is -0.353 e. The third-order valence-electron chi connectivity index (χ3n) is 5.36. The highest BCUT2D eigenvalue weighted by Gasteiger charge is 2.16. The van der Waals surface area contributed by atoms with Crippen molar-refractivity contribution in [3.8, 4) is 11.3 Å².